The second-order valence-corrected chi connectivity index (χ2v) is 5.68. The van der Waals surface area contributed by atoms with Crippen LogP contribution >= 0.6 is 0 Å². The van der Waals surface area contributed by atoms with Crippen molar-refractivity contribution in [2.24, 2.45) is 0 Å². The fraction of sp³-hybridized carbons (Fsp3) is 0.471. The number of hydrogen-bond donors (Lipinski definition) is 2. The van der Waals surface area contributed by atoms with E-state index in [1.165, 1.54) is 24.8 Å². The number of benzene rings is 1. The Morgan fingerprint density at radius 3 is 3.00 bits per heavy atom. The van der Waals surface area contributed by atoms with Gasteiger partial charge in [0.2, 0.25) is 0 Å². The van der Waals surface area contributed by atoms with Gasteiger partial charge in [0.1, 0.15) is 0 Å². The van der Waals surface area contributed by atoms with Crippen molar-refractivity contribution in [3.05, 3.63) is 39.7 Å². The van der Waals surface area contributed by atoms with Crippen molar-refractivity contribution in [3.63, 3.8) is 0 Å². The minimum atomic E-state index is 0.0745. The first kappa shape index (κ1) is 13.2. The third-order valence-electron chi connectivity index (χ3n) is 4.15. The molecule has 0 spiro atoms. The number of pyridine rings is 1. The van der Waals surface area contributed by atoms with Gasteiger partial charge in [-0.05, 0) is 37.3 Å². The van der Waals surface area contributed by atoms with E-state index in [-0.39, 0.29) is 5.56 Å². The van der Waals surface area contributed by atoms with Crippen molar-refractivity contribution < 1.29 is 0 Å². The van der Waals surface area contributed by atoms with Crippen LogP contribution in [0.3, 0.4) is 0 Å². The summed E-state index contributed by atoms with van der Waals surface area (Å²) in [4.78, 5) is 15.2. The quantitative estimate of drug-likeness (QED) is 0.833. The molecule has 0 saturated carbocycles. The van der Waals surface area contributed by atoms with Gasteiger partial charge in [0.15, 0.2) is 0 Å². The van der Waals surface area contributed by atoms with Crippen LogP contribution in [-0.4, -0.2) is 11.5 Å². The van der Waals surface area contributed by atoms with E-state index in [1.54, 1.807) is 0 Å². The second-order valence-electron chi connectivity index (χ2n) is 5.68. The molecule has 3 nitrogen and oxygen atoms in total. The monoisotopic (exact) mass is 270 g/mol. The summed E-state index contributed by atoms with van der Waals surface area (Å²) in [6.45, 7) is 3.18. The normalized spacial score (nSPS) is 14.1. The Hall–Kier alpha value is -1.77. The molecule has 2 aromatic rings. The zero-order valence-electron chi connectivity index (χ0n) is 12.1. The Labute approximate surface area is 119 Å². The van der Waals surface area contributed by atoms with Gasteiger partial charge in [-0.3, -0.25) is 4.79 Å². The van der Waals surface area contributed by atoms with Crippen LogP contribution in [0, 0.1) is 0 Å². The Balaban J connectivity index is 2.01. The lowest BCUT2D eigenvalue weighted by Gasteiger charge is -2.19. The van der Waals surface area contributed by atoms with Gasteiger partial charge in [-0.15, -0.1) is 0 Å². The number of aromatic amines is 1. The summed E-state index contributed by atoms with van der Waals surface area (Å²) in [6, 6.07) is 6.50. The SMILES string of the molecule is CCCCCc1ccc2c3c(c(=O)[nH]c2c1)CCCN3. The van der Waals surface area contributed by atoms with Gasteiger partial charge in [0.25, 0.3) is 5.56 Å². The molecule has 0 amide bonds. The van der Waals surface area contributed by atoms with Gasteiger partial charge < -0.3 is 10.3 Å². The number of hydrogen-bond acceptors (Lipinski definition) is 2. The topological polar surface area (TPSA) is 44.9 Å². The van der Waals surface area contributed by atoms with Gasteiger partial charge in [0, 0.05) is 17.5 Å². The molecule has 20 heavy (non-hydrogen) atoms. The van der Waals surface area contributed by atoms with E-state index >= 15 is 0 Å². The number of aromatic nitrogens is 1. The summed E-state index contributed by atoms with van der Waals surface area (Å²) >= 11 is 0. The predicted molar refractivity (Wildman–Crippen MR) is 84.6 cm³/mol. The standard InChI is InChI=1S/C17H22N2O/c1-2-3-4-6-12-8-9-13-15(11-12)19-17(20)14-7-5-10-18-16(13)14/h8-9,11,18H,2-7,10H2,1H3,(H,19,20). The molecule has 2 heterocycles. The number of nitrogens with one attached hydrogen (secondary N) is 2. The summed E-state index contributed by atoms with van der Waals surface area (Å²) in [7, 11) is 0. The predicted octanol–water partition coefficient (Wildman–Crippen LogP) is 3.62. The number of anilines is 1. The number of rotatable bonds is 4. The van der Waals surface area contributed by atoms with E-state index in [4.69, 9.17) is 0 Å². The highest BCUT2D eigenvalue weighted by molar-refractivity contribution is 5.93. The van der Waals surface area contributed by atoms with E-state index in [0.29, 0.717) is 0 Å². The van der Waals surface area contributed by atoms with Crippen LogP contribution in [0.1, 0.15) is 43.7 Å². The Morgan fingerprint density at radius 1 is 1.25 bits per heavy atom. The Morgan fingerprint density at radius 2 is 2.15 bits per heavy atom. The fourth-order valence-electron chi connectivity index (χ4n) is 3.04. The number of unbranched alkanes of at least 4 members (excludes halogenated alkanes) is 2. The largest absolute Gasteiger partial charge is 0.384 e. The van der Waals surface area contributed by atoms with Crippen molar-refractivity contribution in [2.45, 2.75) is 45.4 Å². The molecular formula is C17H22N2O. The molecule has 1 aliphatic heterocycles. The molecule has 0 saturated heterocycles. The average molecular weight is 270 g/mol. The number of H-pyrrole nitrogens is 1. The van der Waals surface area contributed by atoms with Crippen molar-refractivity contribution >= 4 is 16.6 Å². The van der Waals surface area contributed by atoms with Crippen LogP contribution in [-0.2, 0) is 12.8 Å². The summed E-state index contributed by atoms with van der Waals surface area (Å²) in [5.74, 6) is 0. The van der Waals surface area contributed by atoms with Crippen LogP contribution < -0.4 is 10.9 Å². The van der Waals surface area contributed by atoms with E-state index < -0.39 is 0 Å². The highest BCUT2D eigenvalue weighted by Gasteiger charge is 2.15. The van der Waals surface area contributed by atoms with Gasteiger partial charge >= 0.3 is 0 Å². The average Bonchev–Trinajstić information content (AvgIpc) is 2.48. The minimum absolute atomic E-state index is 0.0745. The van der Waals surface area contributed by atoms with Gasteiger partial charge in [0.05, 0.1) is 11.2 Å². The molecule has 0 radical (unpaired) electrons. The maximum absolute atomic E-state index is 12.2. The number of fused-ring (bicyclic) bond motifs is 3. The first-order chi connectivity index (χ1) is 9.79. The molecule has 1 aromatic heterocycles. The van der Waals surface area contributed by atoms with Gasteiger partial charge in [-0.2, -0.15) is 0 Å². The maximum atomic E-state index is 12.2. The second kappa shape index (κ2) is 5.70. The van der Waals surface area contributed by atoms with E-state index in [0.717, 1.165) is 48.0 Å². The van der Waals surface area contributed by atoms with Crippen LogP contribution in [0.15, 0.2) is 23.0 Å². The zero-order chi connectivity index (χ0) is 13.9. The Bertz CT molecular complexity index is 672. The molecule has 106 valence electrons. The van der Waals surface area contributed by atoms with E-state index in [9.17, 15) is 4.79 Å². The molecule has 0 aliphatic carbocycles. The van der Waals surface area contributed by atoms with Crippen LogP contribution in [0.2, 0.25) is 0 Å². The lowest BCUT2D eigenvalue weighted by molar-refractivity contribution is 0.718. The molecule has 0 unspecified atom stereocenters. The highest BCUT2D eigenvalue weighted by atomic mass is 16.1. The summed E-state index contributed by atoms with van der Waals surface area (Å²) < 4.78 is 0. The molecular weight excluding hydrogens is 248 g/mol. The Kier molecular flexibility index (Phi) is 3.77. The van der Waals surface area contributed by atoms with Crippen molar-refractivity contribution in [2.75, 3.05) is 11.9 Å². The molecule has 1 aliphatic rings. The molecule has 0 fully saturated rings. The number of aryl methyl sites for hydroxylation is 1. The summed E-state index contributed by atoms with van der Waals surface area (Å²) in [6.07, 6.45) is 6.73. The van der Waals surface area contributed by atoms with E-state index in [1.807, 2.05) is 0 Å². The zero-order valence-corrected chi connectivity index (χ0v) is 12.1. The van der Waals surface area contributed by atoms with Crippen molar-refractivity contribution in [1.29, 1.82) is 0 Å². The molecule has 2 N–H and O–H groups in total. The molecule has 0 atom stereocenters. The third-order valence-corrected chi connectivity index (χ3v) is 4.15. The van der Waals surface area contributed by atoms with Gasteiger partial charge in [-0.25, -0.2) is 0 Å². The summed E-state index contributed by atoms with van der Waals surface area (Å²) in [5.41, 5.74) is 4.33. The van der Waals surface area contributed by atoms with Crippen LogP contribution in [0.5, 0.6) is 0 Å². The summed E-state index contributed by atoms with van der Waals surface area (Å²) in [5, 5.41) is 4.55. The lowest BCUT2D eigenvalue weighted by atomic mass is 9.99. The maximum Gasteiger partial charge on any atom is 0.253 e. The first-order valence-electron chi connectivity index (χ1n) is 7.71. The smallest absolute Gasteiger partial charge is 0.253 e. The minimum Gasteiger partial charge on any atom is -0.384 e. The third kappa shape index (κ3) is 2.45. The van der Waals surface area contributed by atoms with E-state index in [2.05, 4.69) is 35.4 Å². The first-order valence-corrected chi connectivity index (χ1v) is 7.71. The molecule has 0 bridgehead atoms. The lowest BCUT2D eigenvalue weighted by Crippen LogP contribution is -2.22. The molecule has 3 heteroatoms. The van der Waals surface area contributed by atoms with Crippen LogP contribution in [0.25, 0.3) is 10.9 Å². The van der Waals surface area contributed by atoms with Crippen molar-refractivity contribution in [1.82, 2.24) is 4.98 Å². The molecule has 3 rings (SSSR count). The van der Waals surface area contributed by atoms with Crippen molar-refractivity contribution in [3.8, 4) is 0 Å². The van der Waals surface area contributed by atoms with Crippen LogP contribution in [0.4, 0.5) is 5.69 Å². The fourth-order valence-corrected chi connectivity index (χ4v) is 3.04. The highest BCUT2D eigenvalue weighted by Crippen LogP contribution is 2.28. The molecule has 1 aromatic carbocycles. The van der Waals surface area contributed by atoms with Gasteiger partial charge in [-0.1, -0.05) is 31.9 Å².